The van der Waals surface area contributed by atoms with Crippen LogP contribution >= 0.6 is 0 Å². The number of hydrogen-bond donors (Lipinski definition) is 1. The van der Waals surface area contributed by atoms with E-state index in [1.165, 1.54) is 18.2 Å². The molecule has 1 N–H and O–H groups in total. The van der Waals surface area contributed by atoms with Crippen LogP contribution in [-0.2, 0) is 9.53 Å². The van der Waals surface area contributed by atoms with Crippen molar-refractivity contribution in [3.8, 4) is 0 Å². The third-order valence-electron chi connectivity index (χ3n) is 2.76. The monoisotopic (exact) mass is 285 g/mol. The summed E-state index contributed by atoms with van der Waals surface area (Å²) in [6.45, 7) is 2.05. The quantitative estimate of drug-likeness (QED) is 0.670. The Labute approximate surface area is 123 Å². The fourth-order valence-corrected chi connectivity index (χ4v) is 1.80. The van der Waals surface area contributed by atoms with Gasteiger partial charge in [0.15, 0.2) is 0 Å². The molecule has 0 radical (unpaired) electrons. The molecule has 0 aliphatic carbocycles. The van der Waals surface area contributed by atoms with E-state index in [0.29, 0.717) is 17.9 Å². The number of hydrogen-bond acceptors (Lipinski definition) is 3. The van der Waals surface area contributed by atoms with Gasteiger partial charge in [0.25, 0.3) is 0 Å². The first-order valence-corrected chi connectivity index (χ1v) is 6.65. The molecule has 21 heavy (non-hydrogen) atoms. The van der Waals surface area contributed by atoms with Gasteiger partial charge in [-0.25, -0.2) is 9.18 Å². The van der Waals surface area contributed by atoms with Crippen molar-refractivity contribution in [2.24, 2.45) is 0 Å². The minimum Gasteiger partial charge on any atom is -0.463 e. The first-order chi connectivity index (χ1) is 10.2. The van der Waals surface area contributed by atoms with Gasteiger partial charge in [0, 0.05) is 11.8 Å². The van der Waals surface area contributed by atoms with E-state index >= 15 is 0 Å². The van der Waals surface area contributed by atoms with Crippen LogP contribution in [0.25, 0.3) is 5.70 Å². The van der Waals surface area contributed by atoms with Crippen molar-refractivity contribution in [3.63, 3.8) is 0 Å². The Hall–Kier alpha value is -2.62. The lowest BCUT2D eigenvalue weighted by Gasteiger charge is -2.11. The Kier molecular flexibility index (Phi) is 5.10. The van der Waals surface area contributed by atoms with Gasteiger partial charge in [0.05, 0.1) is 12.3 Å². The van der Waals surface area contributed by atoms with E-state index in [2.05, 4.69) is 5.32 Å². The maximum Gasteiger partial charge on any atom is 0.332 e. The van der Waals surface area contributed by atoms with Crippen LogP contribution in [0.4, 0.5) is 10.1 Å². The summed E-state index contributed by atoms with van der Waals surface area (Å²) in [5, 5.41) is 3.14. The summed E-state index contributed by atoms with van der Waals surface area (Å²) in [7, 11) is 0. The van der Waals surface area contributed by atoms with Crippen molar-refractivity contribution >= 4 is 17.4 Å². The molecule has 0 atom stereocenters. The molecule has 2 rings (SSSR count). The van der Waals surface area contributed by atoms with Gasteiger partial charge in [-0.3, -0.25) is 0 Å². The highest BCUT2D eigenvalue weighted by molar-refractivity contribution is 5.94. The van der Waals surface area contributed by atoms with Crippen molar-refractivity contribution in [3.05, 3.63) is 72.1 Å². The average molecular weight is 285 g/mol. The van der Waals surface area contributed by atoms with Crippen LogP contribution in [0.2, 0.25) is 0 Å². The second-order valence-electron chi connectivity index (χ2n) is 4.31. The molecule has 108 valence electrons. The third-order valence-corrected chi connectivity index (χ3v) is 2.76. The zero-order chi connectivity index (χ0) is 15.1. The topological polar surface area (TPSA) is 38.3 Å². The molecule has 0 aliphatic rings. The van der Waals surface area contributed by atoms with E-state index in [0.717, 1.165) is 5.69 Å². The molecule has 0 unspecified atom stereocenters. The molecule has 3 nitrogen and oxygen atoms in total. The number of esters is 1. The van der Waals surface area contributed by atoms with Gasteiger partial charge < -0.3 is 10.1 Å². The molecular formula is C17H16FNO2. The summed E-state index contributed by atoms with van der Waals surface area (Å²) in [5.74, 6) is -0.769. The highest BCUT2D eigenvalue weighted by Crippen LogP contribution is 2.19. The van der Waals surface area contributed by atoms with Crippen molar-refractivity contribution in [1.82, 2.24) is 0 Å². The molecule has 0 amide bonds. The molecule has 0 saturated heterocycles. The van der Waals surface area contributed by atoms with Gasteiger partial charge >= 0.3 is 5.97 Å². The number of para-hydroxylation sites is 1. The molecule has 0 spiro atoms. The molecule has 4 heteroatoms. The lowest BCUT2D eigenvalue weighted by molar-refractivity contribution is -0.137. The van der Waals surface area contributed by atoms with E-state index in [1.54, 1.807) is 19.1 Å². The van der Waals surface area contributed by atoms with Crippen LogP contribution < -0.4 is 5.32 Å². The molecule has 0 aromatic heterocycles. The lowest BCUT2D eigenvalue weighted by Crippen LogP contribution is -2.06. The number of ether oxygens (including phenoxy) is 1. The van der Waals surface area contributed by atoms with Crippen molar-refractivity contribution in [2.45, 2.75) is 6.92 Å². The normalized spacial score (nSPS) is 11.0. The summed E-state index contributed by atoms with van der Waals surface area (Å²) in [5.41, 5.74) is 2.09. The number of anilines is 1. The molecule has 0 fully saturated rings. The molecule has 0 bridgehead atoms. The molecular weight excluding hydrogens is 269 g/mol. The van der Waals surface area contributed by atoms with Gasteiger partial charge in [-0.05, 0) is 48.9 Å². The Morgan fingerprint density at radius 2 is 1.81 bits per heavy atom. The van der Waals surface area contributed by atoms with Gasteiger partial charge in [0.1, 0.15) is 5.82 Å². The fourth-order valence-electron chi connectivity index (χ4n) is 1.80. The summed E-state index contributed by atoms with van der Waals surface area (Å²) in [6, 6.07) is 15.3. The highest BCUT2D eigenvalue weighted by Gasteiger charge is 2.06. The van der Waals surface area contributed by atoms with Crippen molar-refractivity contribution < 1.29 is 13.9 Å². The smallest absolute Gasteiger partial charge is 0.332 e. The van der Waals surface area contributed by atoms with Crippen LogP contribution in [0.1, 0.15) is 12.5 Å². The number of halogens is 1. The van der Waals surface area contributed by atoms with Crippen LogP contribution in [0.15, 0.2) is 60.7 Å². The van der Waals surface area contributed by atoms with Crippen LogP contribution in [0, 0.1) is 5.82 Å². The first-order valence-electron chi connectivity index (χ1n) is 6.65. The predicted octanol–water partition coefficient (Wildman–Crippen LogP) is 3.84. The molecule has 0 aliphatic heterocycles. The zero-order valence-electron chi connectivity index (χ0n) is 11.7. The van der Waals surface area contributed by atoms with E-state index in [4.69, 9.17) is 4.74 Å². The summed E-state index contributed by atoms with van der Waals surface area (Å²) in [4.78, 5) is 11.7. The molecule has 2 aromatic carbocycles. The second-order valence-corrected chi connectivity index (χ2v) is 4.31. The lowest BCUT2D eigenvalue weighted by atomic mass is 10.1. The summed E-state index contributed by atoms with van der Waals surface area (Å²) < 4.78 is 18.0. The number of carbonyl (C=O) groups is 1. The summed E-state index contributed by atoms with van der Waals surface area (Å²) in [6.07, 6.45) is 1.36. The Morgan fingerprint density at radius 1 is 1.14 bits per heavy atom. The fraction of sp³-hybridized carbons (Fsp3) is 0.118. The van der Waals surface area contributed by atoms with Crippen LogP contribution in [0.5, 0.6) is 0 Å². The van der Waals surface area contributed by atoms with Gasteiger partial charge in [0.2, 0.25) is 0 Å². The molecule has 0 heterocycles. The number of carbonyl (C=O) groups excluding carboxylic acids is 1. The van der Waals surface area contributed by atoms with E-state index in [9.17, 15) is 9.18 Å². The Balaban J connectivity index is 2.30. The predicted molar refractivity (Wildman–Crippen MR) is 81.1 cm³/mol. The molecule has 2 aromatic rings. The summed E-state index contributed by atoms with van der Waals surface area (Å²) >= 11 is 0. The van der Waals surface area contributed by atoms with Gasteiger partial charge in [-0.15, -0.1) is 0 Å². The van der Waals surface area contributed by atoms with E-state index in [1.807, 2.05) is 30.3 Å². The minimum absolute atomic E-state index is 0.303. The number of rotatable bonds is 5. The zero-order valence-corrected chi connectivity index (χ0v) is 11.7. The third kappa shape index (κ3) is 4.45. The maximum absolute atomic E-state index is 13.0. The molecule has 0 saturated carbocycles. The minimum atomic E-state index is -0.444. The SMILES string of the molecule is CCOC(=O)/C=C(\Nc1ccccc1)c1ccc(F)cc1. The van der Waals surface area contributed by atoms with Crippen molar-refractivity contribution in [2.75, 3.05) is 11.9 Å². The van der Waals surface area contributed by atoms with E-state index in [-0.39, 0.29) is 5.82 Å². The standard InChI is InChI=1S/C17H16FNO2/c1-2-21-17(20)12-16(13-8-10-14(18)11-9-13)19-15-6-4-3-5-7-15/h3-12,19H,2H2,1H3/b16-12-. The number of benzene rings is 2. The van der Waals surface area contributed by atoms with E-state index < -0.39 is 5.97 Å². The highest BCUT2D eigenvalue weighted by atomic mass is 19.1. The maximum atomic E-state index is 13.0. The average Bonchev–Trinajstić information content (AvgIpc) is 2.49. The Bertz CT molecular complexity index is 621. The largest absolute Gasteiger partial charge is 0.463 e. The number of nitrogens with one attached hydrogen (secondary N) is 1. The van der Waals surface area contributed by atoms with Crippen LogP contribution in [-0.4, -0.2) is 12.6 Å². The van der Waals surface area contributed by atoms with Gasteiger partial charge in [-0.1, -0.05) is 18.2 Å². The first kappa shape index (κ1) is 14.8. The van der Waals surface area contributed by atoms with Gasteiger partial charge in [-0.2, -0.15) is 0 Å². The second kappa shape index (κ2) is 7.24. The van der Waals surface area contributed by atoms with Crippen LogP contribution in [0.3, 0.4) is 0 Å². The van der Waals surface area contributed by atoms with Crippen molar-refractivity contribution in [1.29, 1.82) is 0 Å². The Morgan fingerprint density at radius 3 is 2.43 bits per heavy atom.